The average molecular weight is 274 g/mol. The quantitative estimate of drug-likeness (QED) is 0.687. The summed E-state index contributed by atoms with van der Waals surface area (Å²) >= 11 is 0. The van der Waals surface area contributed by atoms with E-state index >= 15 is 0 Å². The van der Waals surface area contributed by atoms with Crippen molar-refractivity contribution in [1.29, 1.82) is 10.5 Å². The predicted molar refractivity (Wildman–Crippen MR) is 78.0 cm³/mol. The summed E-state index contributed by atoms with van der Waals surface area (Å²) in [5, 5.41) is 26.8. The molecule has 0 aliphatic rings. The van der Waals surface area contributed by atoms with Gasteiger partial charge < -0.3 is 5.11 Å². The molecule has 2 rings (SSSR count). The van der Waals surface area contributed by atoms with Crippen LogP contribution in [-0.4, -0.2) is 11.1 Å². The van der Waals surface area contributed by atoms with Gasteiger partial charge in [0, 0.05) is 0 Å². The number of hydrogen-bond donors (Lipinski definition) is 1. The summed E-state index contributed by atoms with van der Waals surface area (Å²) in [6.07, 6.45) is 1.69. The molecule has 0 amide bonds. The van der Waals surface area contributed by atoms with Gasteiger partial charge in [0.15, 0.2) is 0 Å². The number of nitrogens with zero attached hydrogens (tertiary/aromatic N) is 2. The van der Waals surface area contributed by atoms with Gasteiger partial charge in [-0.3, -0.25) is 0 Å². The summed E-state index contributed by atoms with van der Waals surface area (Å²) < 4.78 is 0. The van der Waals surface area contributed by atoms with E-state index in [0.717, 1.165) is 5.56 Å². The Bertz CT molecular complexity index is 774. The lowest BCUT2D eigenvalue weighted by Gasteiger charge is -2.01. The van der Waals surface area contributed by atoms with Gasteiger partial charge in [0.1, 0.15) is 0 Å². The van der Waals surface area contributed by atoms with Crippen LogP contribution in [-0.2, 0) is 0 Å². The van der Waals surface area contributed by atoms with Gasteiger partial charge in [-0.1, -0.05) is 24.3 Å². The Hall–Kier alpha value is -3.37. The van der Waals surface area contributed by atoms with Crippen molar-refractivity contribution in [2.24, 2.45) is 0 Å². The lowest BCUT2D eigenvalue weighted by Crippen LogP contribution is -1.95. The van der Waals surface area contributed by atoms with Gasteiger partial charge in [0.05, 0.1) is 28.8 Å². The third-order valence-corrected chi connectivity index (χ3v) is 2.91. The molecular formula is C17H10N2O2. The monoisotopic (exact) mass is 274 g/mol. The highest BCUT2D eigenvalue weighted by molar-refractivity contribution is 5.92. The number of allylic oxidation sites excluding steroid dienone is 1. The van der Waals surface area contributed by atoms with Crippen molar-refractivity contribution in [1.82, 2.24) is 0 Å². The Kier molecular flexibility index (Phi) is 4.14. The number of rotatable bonds is 3. The second kappa shape index (κ2) is 6.18. The number of carboxylic acids is 1. The fourth-order valence-corrected chi connectivity index (χ4v) is 1.79. The standard InChI is InChI=1S/C17H10N2O2/c18-10-13-3-1-12(2-4-13)9-16(11-19)14-5-7-15(8-6-14)17(20)21/h1-9H,(H,20,21)/b16-9-. The largest absolute Gasteiger partial charge is 0.478 e. The fourth-order valence-electron chi connectivity index (χ4n) is 1.79. The summed E-state index contributed by atoms with van der Waals surface area (Å²) in [4.78, 5) is 10.8. The van der Waals surface area contributed by atoms with Gasteiger partial charge in [-0.25, -0.2) is 4.79 Å². The lowest BCUT2D eigenvalue weighted by molar-refractivity contribution is 0.0697. The molecule has 0 aliphatic heterocycles. The van der Waals surface area contributed by atoms with Crippen LogP contribution in [0.1, 0.15) is 27.0 Å². The predicted octanol–water partition coefficient (Wildman–Crippen LogP) is 3.32. The molecule has 0 fully saturated rings. The zero-order valence-electron chi connectivity index (χ0n) is 10.9. The zero-order chi connectivity index (χ0) is 15.2. The van der Waals surface area contributed by atoms with Crippen LogP contribution >= 0.6 is 0 Å². The van der Waals surface area contributed by atoms with E-state index in [9.17, 15) is 10.1 Å². The van der Waals surface area contributed by atoms with E-state index in [1.807, 2.05) is 6.07 Å². The summed E-state index contributed by atoms with van der Waals surface area (Å²) in [6.45, 7) is 0. The summed E-state index contributed by atoms with van der Waals surface area (Å²) in [6, 6.07) is 17.1. The molecule has 0 spiro atoms. The van der Waals surface area contributed by atoms with Crippen molar-refractivity contribution in [3.8, 4) is 12.1 Å². The number of carbonyl (C=O) groups is 1. The van der Waals surface area contributed by atoms with Crippen LogP contribution in [0.5, 0.6) is 0 Å². The van der Waals surface area contributed by atoms with Crippen molar-refractivity contribution in [2.45, 2.75) is 0 Å². The van der Waals surface area contributed by atoms with Crippen molar-refractivity contribution in [3.05, 3.63) is 70.8 Å². The van der Waals surface area contributed by atoms with Crippen molar-refractivity contribution in [3.63, 3.8) is 0 Å². The van der Waals surface area contributed by atoms with Gasteiger partial charge in [-0.15, -0.1) is 0 Å². The molecule has 0 bridgehead atoms. The van der Waals surface area contributed by atoms with Gasteiger partial charge in [0.2, 0.25) is 0 Å². The van der Waals surface area contributed by atoms with E-state index in [1.54, 1.807) is 42.5 Å². The van der Waals surface area contributed by atoms with Gasteiger partial charge in [-0.05, 0) is 41.5 Å². The Balaban J connectivity index is 2.34. The third kappa shape index (κ3) is 3.34. The molecular weight excluding hydrogens is 264 g/mol. The molecule has 1 N–H and O–H groups in total. The summed E-state index contributed by atoms with van der Waals surface area (Å²) in [7, 11) is 0. The first-order valence-electron chi connectivity index (χ1n) is 6.10. The van der Waals surface area contributed by atoms with E-state index in [0.29, 0.717) is 16.7 Å². The van der Waals surface area contributed by atoms with E-state index in [4.69, 9.17) is 10.4 Å². The number of aromatic carboxylic acids is 1. The van der Waals surface area contributed by atoms with Gasteiger partial charge >= 0.3 is 5.97 Å². The van der Waals surface area contributed by atoms with E-state index in [1.165, 1.54) is 12.1 Å². The molecule has 100 valence electrons. The summed E-state index contributed by atoms with van der Waals surface area (Å²) in [5.41, 5.74) is 2.60. The number of nitriles is 2. The normalized spacial score (nSPS) is 10.5. The lowest BCUT2D eigenvalue weighted by atomic mass is 10.0. The first kappa shape index (κ1) is 14.0. The molecule has 4 nitrogen and oxygen atoms in total. The van der Waals surface area contributed by atoms with Crippen molar-refractivity contribution < 1.29 is 9.90 Å². The Morgan fingerprint density at radius 3 is 2.00 bits per heavy atom. The molecule has 0 unspecified atom stereocenters. The molecule has 0 atom stereocenters. The van der Waals surface area contributed by atoms with Gasteiger partial charge in [0.25, 0.3) is 0 Å². The SMILES string of the molecule is N#C/C(=C/c1ccc(C#N)cc1)c1ccc(C(=O)O)cc1. The van der Waals surface area contributed by atoms with Crippen LogP contribution in [0, 0.1) is 22.7 Å². The fraction of sp³-hybridized carbons (Fsp3) is 0. The second-order valence-corrected chi connectivity index (χ2v) is 4.29. The minimum Gasteiger partial charge on any atom is -0.478 e. The van der Waals surface area contributed by atoms with E-state index in [-0.39, 0.29) is 5.56 Å². The maximum atomic E-state index is 10.8. The molecule has 0 saturated heterocycles. The van der Waals surface area contributed by atoms with Crippen molar-refractivity contribution in [2.75, 3.05) is 0 Å². The highest BCUT2D eigenvalue weighted by atomic mass is 16.4. The minimum atomic E-state index is -1.00. The first-order valence-corrected chi connectivity index (χ1v) is 6.10. The second-order valence-electron chi connectivity index (χ2n) is 4.29. The molecule has 0 saturated carbocycles. The van der Waals surface area contributed by atoms with Crippen LogP contribution < -0.4 is 0 Å². The summed E-state index contributed by atoms with van der Waals surface area (Å²) in [5.74, 6) is -1.00. The minimum absolute atomic E-state index is 0.175. The van der Waals surface area contributed by atoms with E-state index in [2.05, 4.69) is 6.07 Å². The Morgan fingerprint density at radius 2 is 1.52 bits per heavy atom. The maximum absolute atomic E-state index is 10.8. The van der Waals surface area contributed by atoms with E-state index < -0.39 is 5.97 Å². The third-order valence-electron chi connectivity index (χ3n) is 2.91. The first-order chi connectivity index (χ1) is 10.1. The molecule has 0 heterocycles. The molecule has 2 aromatic carbocycles. The van der Waals surface area contributed by atoms with Crippen LogP contribution in [0.3, 0.4) is 0 Å². The molecule has 4 heteroatoms. The number of hydrogen-bond acceptors (Lipinski definition) is 3. The maximum Gasteiger partial charge on any atom is 0.335 e. The molecule has 2 aromatic rings. The number of carboxylic acid groups (broad SMARTS) is 1. The average Bonchev–Trinajstić information content (AvgIpc) is 2.53. The van der Waals surface area contributed by atoms with Gasteiger partial charge in [-0.2, -0.15) is 10.5 Å². The van der Waals surface area contributed by atoms with Crippen LogP contribution in [0.15, 0.2) is 48.5 Å². The molecule has 0 radical (unpaired) electrons. The van der Waals surface area contributed by atoms with Crippen LogP contribution in [0.4, 0.5) is 0 Å². The molecule has 0 aromatic heterocycles. The van der Waals surface area contributed by atoms with Crippen LogP contribution in [0.2, 0.25) is 0 Å². The zero-order valence-corrected chi connectivity index (χ0v) is 10.9. The smallest absolute Gasteiger partial charge is 0.335 e. The highest BCUT2D eigenvalue weighted by Gasteiger charge is 2.05. The Morgan fingerprint density at radius 1 is 0.952 bits per heavy atom. The topological polar surface area (TPSA) is 84.9 Å². The Labute approximate surface area is 121 Å². The van der Waals surface area contributed by atoms with Crippen molar-refractivity contribution >= 4 is 17.6 Å². The number of benzene rings is 2. The molecule has 21 heavy (non-hydrogen) atoms. The molecule has 0 aliphatic carbocycles. The highest BCUT2D eigenvalue weighted by Crippen LogP contribution is 2.18. The van der Waals surface area contributed by atoms with Crippen LogP contribution in [0.25, 0.3) is 11.6 Å².